The van der Waals surface area contributed by atoms with Crippen molar-refractivity contribution in [1.82, 2.24) is 10.2 Å². The quantitative estimate of drug-likeness (QED) is 0.892. The molecule has 0 atom stereocenters. The minimum atomic E-state index is -0.153. The Hall–Kier alpha value is -2.62. The maximum atomic E-state index is 12.2. The fourth-order valence-electron chi connectivity index (χ4n) is 2.30. The molecule has 4 nitrogen and oxygen atoms in total. The van der Waals surface area contributed by atoms with E-state index in [1.165, 1.54) is 5.56 Å². The number of nitrogens with one attached hydrogen (secondary N) is 1. The summed E-state index contributed by atoms with van der Waals surface area (Å²) in [5.41, 5.74) is 2.91. The van der Waals surface area contributed by atoms with E-state index in [-0.39, 0.29) is 11.8 Å². The molecule has 2 amide bonds. The third-order valence-electron chi connectivity index (χ3n) is 3.75. The topological polar surface area (TPSA) is 49.4 Å². The molecule has 2 aromatic rings. The lowest BCUT2D eigenvalue weighted by Gasteiger charge is -2.18. The summed E-state index contributed by atoms with van der Waals surface area (Å²) in [5, 5.41) is 2.77. The summed E-state index contributed by atoms with van der Waals surface area (Å²) < 4.78 is 0. The summed E-state index contributed by atoms with van der Waals surface area (Å²) in [6.07, 6.45) is 0.293. The first-order chi connectivity index (χ1) is 11.1. The average Bonchev–Trinajstić information content (AvgIpc) is 2.57. The third-order valence-corrected chi connectivity index (χ3v) is 3.75. The van der Waals surface area contributed by atoms with E-state index in [0.717, 1.165) is 5.56 Å². The molecule has 120 valence electrons. The van der Waals surface area contributed by atoms with Crippen LogP contribution in [0.25, 0.3) is 0 Å². The highest BCUT2D eigenvalue weighted by atomic mass is 16.2. The second-order valence-corrected chi connectivity index (χ2v) is 5.55. The van der Waals surface area contributed by atoms with Crippen molar-refractivity contribution in [2.24, 2.45) is 0 Å². The largest absolute Gasteiger partial charge is 0.352 e. The molecule has 0 unspecified atom stereocenters. The zero-order chi connectivity index (χ0) is 16.7. The van der Waals surface area contributed by atoms with E-state index in [1.54, 1.807) is 24.1 Å². The molecular weight excluding hydrogens is 288 g/mol. The van der Waals surface area contributed by atoms with Gasteiger partial charge in [-0.05, 0) is 30.2 Å². The van der Waals surface area contributed by atoms with E-state index in [1.807, 2.05) is 49.4 Å². The van der Waals surface area contributed by atoms with Gasteiger partial charge < -0.3 is 10.2 Å². The van der Waals surface area contributed by atoms with Crippen LogP contribution in [-0.4, -0.2) is 30.3 Å². The first kappa shape index (κ1) is 16.7. The fourth-order valence-corrected chi connectivity index (χ4v) is 2.30. The summed E-state index contributed by atoms with van der Waals surface area (Å²) in [4.78, 5) is 25.7. The van der Waals surface area contributed by atoms with Crippen molar-refractivity contribution in [2.45, 2.75) is 19.9 Å². The molecule has 0 saturated carbocycles. The van der Waals surface area contributed by atoms with Crippen LogP contribution < -0.4 is 5.32 Å². The highest BCUT2D eigenvalue weighted by molar-refractivity contribution is 5.94. The van der Waals surface area contributed by atoms with Crippen LogP contribution in [0.1, 0.15) is 27.9 Å². The molecule has 0 saturated heterocycles. The summed E-state index contributed by atoms with van der Waals surface area (Å²) >= 11 is 0. The van der Waals surface area contributed by atoms with Gasteiger partial charge >= 0.3 is 0 Å². The van der Waals surface area contributed by atoms with Crippen LogP contribution in [0.5, 0.6) is 0 Å². The van der Waals surface area contributed by atoms with Gasteiger partial charge in [0.2, 0.25) is 5.91 Å². The van der Waals surface area contributed by atoms with Gasteiger partial charge in [-0.15, -0.1) is 0 Å². The third kappa shape index (κ3) is 4.95. The minimum Gasteiger partial charge on any atom is -0.352 e. The molecule has 0 heterocycles. The number of amides is 2. The highest BCUT2D eigenvalue weighted by Crippen LogP contribution is 2.10. The van der Waals surface area contributed by atoms with Crippen molar-refractivity contribution in [3.63, 3.8) is 0 Å². The minimum absolute atomic E-state index is 0.0154. The van der Waals surface area contributed by atoms with E-state index >= 15 is 0 Å². The Morgan fingerprint density at radius 2 is 1.65 bits per heavy atom. The molecule has 0 aromatic heterocycles. The molecule has 0 aliphatic rings. The fraction of sp³-hybridized carbons (Fsp3) is 0.263. The van der Waals surface area contributed by atoms with Gasteiger partial charge in [-0.25, -0.2) is 0 Å². The number of hydrogen-bond acceptors (Lipinski definition) is 2. The van der Waals surface area contributed by atoms with Crippen LogP contribution in [0.2, 0.25) is 0 Å². The summed E-state index contributed by atoms with van der Waals surface area (Å²) in [6.45, 7) is 2.95. The Morgan fingerprint density at radius 3 is 2.35 bits per heavy atom. The summed E-state index contributed by atoms with van der Waals surface area (Å²) in [6, 6.07) is 17.0. The molecule has 2 aromatic carbocycles. The van der Waals surface area contributed by atoms with Gasteiger partial charge in [0.25, 0.3) is 5.91 Å². The van der Waals surface area contributed by atoms with Gasteiger partial charge in [0.05, 0.1) is 0 Å². The molecule has 4 heteroatoms. The van der Waals surface area contributed by atoms with Crippen molar-refractivity contribution >= 4 is 11.8 Å². The Balaban J connectivity index is 1.78. The average molecular weight is 310 g/mol. The summed E-state index contributed by atoms with van der Waals surface area (Å²) in [5.74, 6) is -0.137. The Labute approximate surface area is 137 Å². The molecule has 0 aliphatic carbocycles. The van der Waals surface area contributed by atoms with E-state index in [2.05, 4.69) is 5.32 Å². The maximum Gasteiger partial charge on any atom is 0.251 e. The number of nitrogens with zero attached hydrogens (tertiary/aromatic N) is 1. The Kier molecular flexibility index (Phi) is 5.92. The van der Waals surface area contributed by atoms with Gasteiger partial charge in [-0.2, -0.15) is 0 Å². The molecule has 23 heavy (non-hydrogen) atoms. The maximum absolute atomic E-state index is 12.2. The van der Waals surface area contributed by atoms with Gasteiger partial charge in [0, 0.05) is 32.1 Å². The lowest BCUT2D eigenvalue weighted by atomic mass is 10.1. The summed E-state index contributed by atoms with van der Waals surface area (Å²) in [7, 11) is 1.79. The lowest BCUT2D eigenvalue weighted by molar-refractivity contribution is -0.130. The monoisotopic (exact) mass is 310 g/mol. The van der Waals surface area contributed by atoms with E-state index in [4.69, 9.17) is 0 Å². The molecule has 0 spiro atoms. The zero-order valence-corrected chi connectivity index (χ0v) is 13.6. The standard InChI is InChI=1S/C19H22N2O2/c1-15-8-6-7-11-17(15)14-21(2)18(22)12-13-20-19(23)16-9-4-3-5-10-16/h3-11H,12-14H2,1-2H3,(H,20,23). The number of rotatable bonds is 6. The normalized spacial score (nSPS) is 10.2. The first-order valence-electron chi connectivity index (χ1n) is 7.69. The number of benzene rings is 2. The second-order valence-electron chi connectivity index (χ2n) is 5.55. The highest BCUT2D eigenvalue weighted by Gasteiger charge is 2.11. The van der Waals surface area contributed by atoms with Crippen molar-refractivity contribution in [1.29, 1.82) is 0 Å². The first-order valence-corrected chi connectivity index (χ1v) is 7.69. The van der Waals surface area contributed by atoms with Crippen LogP contribution in [0.3, 0.4) is 0 Å². The van der Waals surface area contributed by atoms with E-state index < -0.39 is 0 Å². The SMILES string of the molecule is Cc1ccccc1CN(C)C(=O)CCNC(=O)c1ccccc1. The van der Waals surface area contributed by atoms with Crippen molar-refractivity contribution in [3.8, 4) is 0 Å². The Bertz CT molecular complexity index is 668. The van der Waals surface area contributed by atoms with Crippen LogP contribution in [-0.2, 0) is 11.3 Å². The zero-order valence-electron chi connectivity index (χ0n) is 13.6. The number of carbonyl (C=O) groups excluding carboxylic acids is 2. The van der Waals surface area contributed by atoms with Crippen LogP contribution in [0, 0.1) is 6.92 Å². The van der Waals surface area contributed by atoms with Gasteiger partial charge in [0.1, 0.15) is 0 Å². The van der Waals surface area contributed by atoms with Crippen LogP contribution in [0.4, 0.5) is 0 Å². The van der Waals surface area contributed by atoms with E-state index in [0.29, 0.717) is 25.1 Å². The molecule has 0 aliphatic heterocycles. The van der Waals surface area contributed by atoms with Gasteiger partial charge in [-0.3, -0.25) is 9.59 Å². The molecule has 2 rings (SSSR count). The molecule has 1 N–H and O–H groups in total. The Morgan fingerprint density at radius 1 is 1.00 bits per heavy atom. The lowest BCUT2D eigenvalue weighted by Crippen LogP contribution is -2.32. The van der Waals surface area contributed by atoms with Crippen molar-refractivity contribution < 1.29 is 9.59 Å². The predicted molar refractivity (Wildman–Crippen MR) is 91.0 cm³/mol. The van der Waals surface area contributed by atoms with Crippen molar-refractivity contribution in [3.05, 3.63) is 71.3 Å². The van der Waals surface area contributed by atoms with Gasteiger partial charge in [-0.1, -0.05) is 42.5 Å². The second kappa shape index (κ2) is 8.13. The van der Waals surface area contributed by atoms with Crippen LogP contribution in [0.15, 0.2) is 54.6 Å². The molecule has 0 radical (unpaired) electrons. The molecule has 0 bridgehead atoms. The van der Waals surface area contributed by atoms with E-state index in [9.17, 15) is 9.59 Å². The van der Waals surface area contributed by atoms with Crippen molar-refractivity contribution in [2.75, 3.05) is 13.6 Å². The number of hydrogen-bond donors (Lipinski definition) is 1. The predicted octanol–water partition coefficient (Wildman–Crippen LogP) is 2.77. The number of carbonyl (C=O) groups is 2. The molecular formula is C19H22N2O2. The van der Waals surface area contributed by atoms with Gasteiger partial charge in [0.15, 0.2) is 0 Å². The smallest absolute Gasteiger partial charge is 0.251 e. The molecule has 0 fully saturated rings. The number of aryl methyl sites for hydroxylation is 1. The van der Waals surface area contributed by atoms with Crippen LogP contribution >= 0.6 is 0 Å².